The fourth-order valence-electron chi connectivity index (χ4n) is 2.49. The van der Waals surface area contributed by atoms with Crippen LogP contribution in [-0.4, -0.2) is 32.6 Å². The Morgan fingerprint density at radius 3 is 2.54 bits per heavy atom. The molecule has 0 fully saturated rings. The topological polar surface area (TPSA) is 86.7 Å². The van der Waals surface area contributed by atoms with Gasteiger partial charge in [0.25, 0.3) is 10.0 Å². The van der Waals surface area contributed by atoms with Crippen LogP contribution in [0, 0.1) is 0 Å². The van der Waals surface area contributed by atoms with Crippen molar-refractivity contribution in [1.29, 1.82) is 0 Å². The van der Waals surface area contributed by atoms with Crippen molar-refractivity contribution in [2.45, 2.75) is 30.9 Å². The minimum absolute atomic E-state index is 0.0624. The van der Waals surface area contributed by atoms with E-state index in [4.69, 9.17) is 11.6 Å². The molecule has 1 heterocycles. The van der Waals surface area contributed by atoms with Gasteiger partial charge >= 0.3 is 5.97 Å². The summed E-state index contributed by atoms with van der Waals surface area (Å²) in [5, 5.41) is 9.56. The smallest absolute Gasteiger partial charge is 0.337 e. The van der Waals surface area contributed by atoms with E-state index in [1.165, 1.54) is 18.2 Å². The number of nitrogens with zero attached hydrogens (tertiary/aromatic N) is 1. The van der Waals surface area contributed by atoms with Crippen molar-refractivity contribution in [1.82, 2.24) is 0 Å². The molecule has 2 aromatic rings. The van der Waals surface area contributed by atoms with Gasteiger partial charge in [-0.3, -0.25) is 4.72 Å². The number of rotatable bonds is 9. The Bertz CT molecular complexity index is 881. The number of nitrogens with one attached hydrogen (secondary N) is 1. The number of hydrogen-bond donors (Lipinski definition) is 2. The Morgan fingerprint density at radius 1 is 1.27 bits per heavy atom. The Hall–Kier alpha value is -1.77. The molecule has 0 unspecified atom stereocenters. The summed E-state index contributed by atoms with van der Waals surface area (Å²) in [5.41, 5.74) is 0.838. The van der Waals surface area contributed by atoms with Crippen molar-refractivity contribution in [2.75, 3.05) is 22.7 Å². The van der Waals surface area contributed by atoms with Gasteiger partial charge in [-0.05, 0) is 43.7 Å². The van der Waals surface area contributed by atoms with Crippen molar-refractivity contribution in [3.63, 3.8) is 0 Å². The van der Waals surface area contributed by atoms with E-state index >= 15 is 0 Å². The van der Waals surface area contributed by atoms with Gasteiger partial charge in [0.1, 0.15) is 4.21 Å². The number of carbonyl (C=O) groups is 1. The Labute approximate surface area is 162 Å². The van der Waals surface area contributed by atoms with Crippen molar-refractivity contribution < 1.29 is 18.3 Å². The molecule has 0 aliphatic carbocycles. The first-order valence-corrected chi connectivity index (χ1v) is 10.9. The van der Waals surface area contributed by atoms with E-state index in [9.17, 15) is 18.3 Å². The second kappa shape index (κ2) is 8.75. The molecular formula is C17H21ClN2O4S2. The van der Waals surface area contributed by atoms with E-state index in [-0.39, 0.29) is 15.5 Å². The molecule has 0 saturated heterocycles. The maximum atomic E-state index is 12.4. The molecule has 2 N–H and O–H groups in total. The first-order chi connectivity index (χ1) is 12.3. The molecule has 142 valence electrons. The van der Waals surface area contributed by atoms with Crippen LogP contribution in [0.5, 0.6) is 0 Å². The summed E-state index contributed by atoms with van der Waals surface area (Å²) in [6.45, 7) is 5.43. The molecule has 0 saturated carbocycles. The minimum Gasteiger partial charge on any atom is -0.478 e. The van der Waals surface area contributed by atoms with Crippen LogP contribution in [0.1, 0.15) is 37.0 Å². The third-order valence-corrected chi connectivity index (χ3v) is 6.90. The van der Waals surface area contributed by atoms with Crippen molar-refractivity contribution in [2.24, 2.45) is 0 Å². The van der Waals surface area contributed by atoms with Crippen molar-refractivity contribution in [3.8, 4) is 0 Å². The molecule has 0 spiro atoms. The van der Waals surface area contributed by atoms with E-state index in [1.54, 1.807) is 12.1 Å². The van der Waals surface area contributed by atoms with E-state index in [2.05, 4.69) is 11.6 Å². The van der Waals surface area contributed by atoms with E-state index in [0.717, 1.165) is 30.7 Å². The number of benzene rings is 1. The van der Waals surface area contributed by atoms with Gasteiger partial charge in [0.15, 0.2) is 0 Å². The highest BCUT2D eigenvalue weighted by Gasteiger charge is 2.20. The number of anilines is 2. The first-order valence-electron chi connectivity index (χ1n) is 8.19. The van der Waals surface area contributed by atoms with Crippen LogP contribution in [0.4, 0.5) is 11.4 Å². The van der Waals surface area contributed by atoms with Crippen LogP contribution in [0.25, 0.3) is 0 Å². The van der Waals surface area contributed by atoms with Gasteiger partial charge in [0.2, 0.25) is 0 Å². The largest absolute Gasteiger partial charge is 0.478 e. The highest BCUT2D eigenvalue weighted by molar-refractivity contribution is 7.94. The number of unbranched alkanes of at least 4 members (excludes halogenated alkanes) is 1. The number of halogens is 1. The Kier molecular flexibility index (Phi) is 6.91. The zero-order valence-electron chi connectivity index (χ0n) is 14.5. The fourth-order valence-corrected chi connectivity index (χ4v) is 5.02. The number of aromatic carboxylic acids is 1. The number of thiophene rings is 1. The maximum absolute atomic E-state index is 12.4. The Morgan fingerprint density at radius 2 is 2.00 bits per heavy atom. The van der Waals surface area contributed by atoms with Gasteiger partial charge in [0.05, 0.1) is 15.6 Å². The fraction of sp³-hybridized carbons (Fsp3) is 0.353. The molecule has 6 nitrogen and oxygen atoms in total. The molecule has 0 aliphatic heterocycles. The van der Waals surface area contributed by atoms with Gasteiger partial charge in [-0.1, -0.05) is 24.9 Å². The monoisotopic (exact) mass is 416 g/mol. The lowest BCUT2D eigenvalue weighted by Gasteiger charge is -2.25. The molecule has 9 heteroatoms. The summed E-state index contributed by atoms with van der Waals surface area (Å²) in [4.78, 5) is 13.7. The lowest BCUT2D eigenvalue weighted by Crippen LogP contribution is -2.26. The summed E-state index contributed by atoms with van der Waals surface area (Å²) < 4.78 is 27.6. The zero-order chi connectivity index (χ0) is 19.3. The highest BCUT2D eigenvalue weighted by atomic mass is 35.5. The van der Waals surface area contributed by atoms with Gasteiger partial charge in [-0.2, -0.15) is 0 Å². The van der Waals surface area contributed by atoms with Crippen LogP contribution < -0.4 is 9.62 Å². The quantitative estimate of drug-likeness (QED) is 0.627. The molecule has 0 atom stereocenters. The highest BCUT2D eigenvalue weighted by Crippen LogP contribution is 2.29. The van der Waals surface area contributed by atoms with Gasteiger partial charge in [-0.25, -0.2) is 13.2 Å². The van der Waals surface area contributed by atoms with Crippen molar-refractivity contribution >= 4 is 50.3 Å². The summed E-state index contributed by atoms with van der Waals surface area (Å²) >= 11 is 6.73. The second-order valence-corrected chi connectivity index (χ2v) is 9.26. The molecule has 26 heavy (non-hydrogen) atoms. The molecule has 0 bridgehead atoms. The SMILES string of the molecule is CCCCN(CC)c1ccc(NS(=O)(=O)c2ccc(Cl)s2)cc1C(=O)O. The van der Waals surface area contributed by atoms with Crippen LogP contribution in [-0.2, 0) is 10.0 Å². The first kappa shape index (κ1) is 20.5. The third-order valence-electron chi connectivity index (χ3n) is 3.80. The zero-order valence-corrected chi connectivity index (χ0v) is 16.9. The van der Waals surface area contributed by atoms with E-state index < -0.39 is 16.0 Å². The normalized spacial score (nSPS) is 11.3. The number of carboxylic acid groups (broad SMARTS) is 1. The molecule has 0 radical (unpaired) electrons. The summed E-state index contributed by atoms with van der Waals surface area (Å²) in [6, 6.07) is 7.47. The van der Waals surface area contributed by atoms with Crippen LogP contribution >= 0.6 is 22.9 Å². The van der Waals surface area contributed by atoms with Crippen molar-refractivity contribution in [3.05, 3.63) is 40.2 Å². The summed E-state index contributed by atoms with van der Waals surface area (Å²) in [7, 11) is -3.81. The van der Waals surface area contributed by atoms with E-state index in [1.807, 2.05) is 11.8 Å². The lowest BCUT2D eigenvalue weighted by molar-refractivity contribution is 0.0697. The third kappa shape index (κ3) is 4.90. The number of sulfonamides is 1. The van der Waals surface area contributed by atoms with Crippen LogP contribution in [0.2, 0.25) is 4.34 Å². The summed E-state index contributed by atoms with van der Waals surface area (Å²) in [6.07, 6.45) is 1.95. The van der Waals surface area contributed by atoms with Gasteiger partial charge in [-0.15, -0.1) is 11.3 Å². The van der Waals surface area contributed by atoms with Gasteiger partial charge in [0, 0.05) is 18.8 Å². The Balaban J connectivity index is 2.34. The molecule has 0 aliphatic rings. The predicted molar refractivity (Wildman–Crippen MR) is 106 cm³/mol. The second-order valence-electron chi connectivity index (χ2n) is 5.63. The number of carboxylic acids is 1. The van der Waals surface area contributed by atoms with Gasteiger partial charge < -0.3 is 10.0 Å². The van der Waals surface area contributed by atoms with E-state index in [0.29, 0.717) is 16.6 Å². The average Bonchev–Trinajstić information content (AvgIpc) is 3.03. The van der Waals surface area contributed by atoms with Crippen LogP contribution in [0.15, 0.2) is 34.5 Å². The maximum Gasteiger partial charge on any atom is 0.337 e. The average molecular weight is 417 g/mol. The minimum atomic E-state index is -3.81. The molecule has 1 aromatic carbocycles. The molecular weight excluding hydrogens is 396 g/mol. The van der Waals surface area contributed by atoms with Crippen LogP contribution in [0.3, 0.4) is 0 Å². The number of hydrogen-bond acceptors (Lipinski definition) is 5. The predicted octanol–water partition coefficient (Wildman–Crippen LogP) is 4.53. The summed E-state index contributed by atoms with van der Waals surface area (Å²) in [5.74, 6) is -1.10. The lowest BCUT2D eigenvalue weighted by atomic mass is 10.1. The standard InChI is InChI=1S/C17H21ClN2O4S2/c1-3-5-10-20(4-2)14-7-6-12(11-13(14)17(21)22)19-26(23,24)16-9-8-15(18)25-16/h6-9,11,19H,3-5,10H2,1-2H3,(H,21,22). The molecule has 0 amide bonds. The molecule has 2 rings (SSSR count). The molecule has 1 aromatic heterocycles.